The Hall–Kier alpha value is -2.94. The minimum Gasteiger partial charge on any atom is -0.362 e. The number of hydrogen-bond acceptors (Lipinski definition) is 5. The van der Waals surface area contributed by atoms with Crippen molar-refractivity contribution in [1.29, 1.82) is 0 Å². The highest BCUT2D eigenvalue weighted by molar-refractivity contribution is 5.90. The third-order valence-electron chi connectivity index (χ3n) is 6.31. The average molecular weight is 476 g/mol. The van der Waals surface area contributed by atoms with Gasteiger partial charge in [-0.15, -0.1) is 0 Å². The van der Waals surface area contributed by atoms with Crippen LogP contribution >= 0.6 is 0 Å². The van der Waals surface area contributed by atoms with E-state index in [0.717, 1.165) is 60.6 Å². The molecule has 2 aromatic carbocycles. The number of alkyl halides is 3. The Bertz CT molecular complexity index is 1120. The van der Waals surface area contributed by atoms with Crippen molar-refractivity contribution in [2.45, 2.75) is 44.4 Å². The maximum Gasteiger partial charge on any atom is 0.416 e. The molecule has 1 aromatic heterocycles. The van der Waals surface area contributed by atoms with Gasteiger partial charge in [0.1, 0.15) is 11.6 Å². The summed E-state index contributed by atoms with van der Waals surface area (Å²) in [6, 6.07) is 10.7. The van der Waals surface area contributed by atoms with Gasteiger partial charge in [-0.25, -0.2) is 9.37 Å². The number of anilines is 2. The van der Waals surface area contributed by atoms with E-state index in [2.05, 4.69) is 15.6 Å². The fourth-order valence-corrected chi connectivity index (χ4v) is 4.46. The Morgan fingerprint density at radius 1 is 1.00 bits per heavy atom. The topological polar surface area (TPSA) is 53.1 Å². The molecule has 5 nitrogen and oxygen atoms in total. The number of nitrogens with zero attached hydrogens (tertiary/aromatic N) is 3. The first kappa shape index (κ1) is 24.2. The van der Waals surface area contributed by atoms with Gasteiger partial charge in [0.2, 0.25) is 5.95 Å². The van der Waals surface area contributed by atoms with Crippen molar-refractivity contribution in [2.24, 2.45) is 5.92 Å². The number of hydrogen-bond donors (Lipinski definition) is 2. The van der Waals surface area contributed by atoms with Crippen molar-refractivity contribution < 1.29 is 17.6 Å². The fraction of sp³-hybridized carbons (Fsp3) is 0.440. The molecule has 0 aliphatic heterocycles. The lowest BCUT2D eigenvalue weighted by Crippen LogP contribution is -2.31. The number of benzene rings is 2. The van der Waals surface area contributed by atoms with Crippen LogP contribution in [0.25, 0.3) is 10.9 Å². The van der Waals surface area contributed by atoms with E-state index < -0.39 is 17.6 Å². The second-order valence-electron chi connectivity index (χ2n) is 9.08. The fourth-order valence-electron chi connectivity index (χ4n) is 4.46. The van der Waals surface area contributed by atoms with E-state index >= 15 is 0 Å². The van der Waals surface area contributed by atoms with E-state index in [4.69, 9.17) is 4.98 Å². The third kappa shape index (κ3) is 5.75. The number of rotatable bonds is 7. The first-order chi connectivity index (χ1) is 16.2. The molecule has 1 fully saturated rings. The molecule has 2 N–H and O–H groups in total. The van der Waals surface area contributed by atoms with Crippen molar-refractivity contribution >= 4 is 22.7 Å². The molecule has 4 rings (SSSR count). The average Bonchev–Trinajstić information content (AvgIpc) is 2.80. The van der Waals surface area contributed by atoms with E-state index in [0.29, 0.717) is 18.4 Å². The lowest BCUT2D eigenvalue weighted by Gasteiger charge is -2.29. The highest BCUT2D eigenvalue weighted by Crippen LogP contribution is 2.31. The summed E-state index contributed by atoms with van der Waals surface area (Å²) < 4.78 is 52.6. The second kappa shape index (κ2) is 10.1. The minimum absolute atomic E-state index is 0.0373. The molecule has 1 aliphatic rings. The molecule has 3 aromatic rings. The van der Waals surface area contributed by atoms with Gasteiger partial charge in [-0.1, -0.05) is 12.1 Å². The molecule has 0 saturated heterocycles. The van der Waals surface area contributed by atoms with Gasteiger partial charge in [-0.05, 0) is 68.5 Å². The van der Waals surface area contributed by atoms with Crippen LogP contribution in [-0.4, -0.2) is 36.6 Å². The lowest BCUT2D eigenvalue weighted by molar-refractivity contribution is -0.137. The Balaban J connectivity index is 1.29. The number of halogens is 4. The first-order valence-corrected chi connectivity index (χ1v) is 11.5. The van der Waals surface area contributed by atoms with E-state index in [1.165, 1.54) is 0 Å². The van der Waals surface area contributed by atoms with Crippen molar-refractivity contribution in [1.82, 2.24) is 15.3 Å². The summed E-state index contributed by atoms with van der Waals surface area (Å²) in [7, 11) is 3.92. The molecule has 9 heteroatoms. The predicted molar refractivity (Wildman–Crippen MR) is 126 cm³/mol. The monoisotopic (exact) mass is 475 g/mol. The van der Waals surface area contributed by atoms with E-state index in [9.17, 15) is 17.6 Å². The van der Waals surface area contributed by atoms with Gasteiger partial charge in [0, 0.05) is 37.6 Å². The highest BCUT2D eigenvalue weighted by atomic mass is 19.4. The number of para-hydroxylation sites is 1. The molecular formula is C25H29F4N5. The van der Waals surface area contributed by atoms with Crippen LogP contribution in [0, 0.1) is 11.7 Å². The SMILES string of the molecule is CN(C)c1nc(N[C@H]2CC[C@@H](CNCc3cc(C(F)(F)F)ccc3F)CC2)nc2ccccc12. The van der Waals surface area contributed by atoms with Gasteiger partial charge >= 0.3 is 6.18 Å². The zero-order valence-electron chi connectivity index (χ0n) is 19.3. The molecule has 0 atom stereocenters. The van der Waals surface area contributed by atoms with Crippen LogP contribution < -0.4 is 15.5 Å². The molecule has 0 radical (unpaired) electrons. The van der Waals surface area contributed by atoms with Crippen molar-refractivity contribution in [3.8, 4) is 0 Å². The zero-order chi connectivity index (χ0) is 24.3. The van der Waals surface area contributed by atoms with Gasteiger partial charge < -0.3 is 15.5 Å². The predicted octanol–water partition coefficient (Wildman–Crippen LogP) is 5.61. The summed E-state index contributed by atoms with van der Waals surface area (Å²) in [5.41, 5.74) is 0.101. The summed E-state index contributed by atoms with van der Waals surface area (Å²) in [6.07, 6.45) is -0.668. The van der Waals surface area contributed by atoms with Crippen molar-refractivity contribution in [3.63, 3.8) is 0 Å². The van der Waals surface area contributed by atoms with Gasteiger partial charge in [0.15, 0.2) is 0 Å². The van der Waals surface area contributed by atoms with Crippen molar-refractivity contribution in [2.75, 3.05) is 30.9 Å². The smallest absolute Gasteiger partial charge is 0.362 e. The van der Waals surface area contributed by atoms with Crippen LogP contribution in [0.5, 0.6) is 0 Å². The van der Waals surface area contributed by atoms with Crippen LogP contribution in [0.2, 0.25) is 0 Å². The Labute approximate surface area is 196 Å². The van der Waals surface area contributed by atoms with Gasteiger partial charge in [0.05, 0.1) is 11.1 Å². The Morgan fingerprint density at radius 2 is 1.74 bits per heavy atom. The van der Waals surface area contributed by atoms with E-state index in [1.807, 2.05) is 43.3 Å². The standard InChI is InChI=1S/C25H29F4N5/c1-34(2)23-20-5-3-4-6-22(20)32-24(33-23)31-19-10-7-16(8-11-19)14-30-15-17-13-18(25(27,28)29)9-12-21(17)26/h3-6,9,12-13,16,19,30H,7-8,10-11,14-15H2,1-2H3,(H,31,32,33)/t16-,19+. The summed E-state index contributed by atoms with van der Waals surface area (Å²) in [5, 5.41) is 7.62. The lowest BCUT2D eigenvalue weighted by atomic mass is 9.86. The first-order valence-electron chi connectivity index (χ1n) is 11.5. The van der Waals surface area contributed by atoms with Gasteiger partial charge in [-0.3, -0.25) is 0 Å². The highest BCUT2D eigenvalue weighted by Gasteiger charge is 2.31. The van der Waals surface area contributed by atoms with Crippen LogP contribution in [-0.2, 0) is 12.7 Å². The molecule has 182 valence electrons. The summed E-state index contributed by atoms with van der Waals surface area (Å²) in [4.78, 5) is 11.4. The van der Waals surface area contributed by atoms with E-state index in [-0.39, 0.29) is 18.2 Å². The molecule has 0 unspecified atom stereocenters. The molecular weight excluding hydrogens is 446 g/mol. The maximum atomic E-state index is 13.9. The van der Waals surface area contributed by atoms with Crippen LogP contribution in [0.1, 0.15) is 36.8 Å². The zero-order valence-corrected chi connectivity index (χ0v) is 19.3. The molecule has 1 aliphatic carbocycles. The van der Waals surface area contributed by atoms with Gasteiger partial charge in [-0.2, -0.15) is 18.2 Å². The largest absolute Gasteiger partial charge is 0.416 e. The molecule has 0 spiro atoms. The molecule has 0 amide bonds. The van der Waals surface area contributed by atoms with Gasteiger partial charge in [0.25, 0.3) is 0 Å². The van der Waals surface area contributed by atoms with Crippen LogP contribution in [0.4, 0.5) is 29.3 Å². The van der Waals surface area contributed by atoms with Crippen LogP contribution in [0.3, 0.4) is 0 Å². The Kier molecular flexibility index (Phi) is 7.21. The second-order valence-corrected chi connectivity index (χ2v) is 9.08. The number of fused-ring (bicyclic) bond motifs is 1. The normalized spacial score (nSPS) is 18.8. The molecule has 1 saturated carbocycles. The summed E-state index contributed by atoms with van der Waals surface area (Å²) >= 11 is 0. The minimum atomic E-state index is -4.48. The summed E-state index contributed by atoms with van der Waals surface area (Å²) in [5.74, 6) is 1.25. The molecule has 1 heterocycles. The maximum absolute atomic E-state index is 13.9. The van der Waals surface area contributed by atoms with E-state index in [1.54, 1.807) is 0 Å². The molecule has 0 bridgehead atoms. The third-order valence-corrected chi connectivity index (χ3v) is 6.31. The van der Waals surface area contributed by atoms with Crippen molar-refractivity contribution in [3.05, 3.63) is 59.4 Å². The quantitative estimate of drug-likeness (QED) is 0.435. The van der Waals surface area contributed by atoms with Crippen LogP contribution in [0.15, 0.2) is 42.5 Å². The summed E-state index contributed by atoms with van der Waals surface area (Å²) in [6.45, 7) is 0.714. The molecule has 34 heavy (non-hydrogen) atoms. The number of nitrogens with one attached hydrogen (secondary N) is 2. The number of aromatic nitrogens is 2. The Morgan fingerprint density at radius 3 is 2.44 bits per heavy atom.